The lowest BCUT2D eigenvalue weighted by molar-refractivity contribution is -0.148. The van der Waals surface area contributed by atoms with E-state index in [0.29, 0.717) is 18.5 Å². The van der Waals surface area contributed by atoms with Gasteiger partial charge >= 0.3 is 5.97 Å². The van der Waals surface area contributed by atoms with Crippen LogP contribution in [0.15, 0.2) is 21.1 Å². The second-order valence-corrected chi connectivity index (χ2v) is 6.95. The predicted molar refractivity (Wildman–Crippen MR) is 87.4 cm³/mol. The fourth-order valence-electron chi connectivity index (χ4n) is 2.25. The Balaban J connectivity index is 1.98. The minimum Gasteiger partial charge on any atom is -0.480 e. The highest BCUT2D eigenvalue weighted by molar-refractivity contribution is 9.11. The number of hydrogen-bond donors (Lipinski definition) is 3. The van der Waals surface area contributed by atoms with E-state index in [1.807, 2.05) is 19.1 Å². The van der Waals surface area contributed by atoms with Crippen molar-refractivity contribution in [3.63, 3.8) is 0 Å². The van der Waals surface area contributed by atoms with E-state index in [-0.39, 0.29) is 12.5 Å². The molecule has 0 radical (unpaired) electrons. The summed E-state index contributed by atoms with van der Waals surface area (Å²) in [6.07, 6.45) is 2.00. The molecule has 0 heterocycles. The second-order valence-electron chi connectivity index (χ2n) is 5.25. The molecule has 1 saturated carbocycles. The molecule has 3 N–H and O–H groups in total. The summed E-state index contributed by atoms with van der Waals surface area (Å²) in [6, 6.07) is 3.80. The molecule has 0 spiro atoms. The highest BCUT2D eigenvalue weighted by Gasteiger charge is 2.44. The Bertz CT molecular complexity index is 563. The highest BCUT2D eigenvalue weighted by atomic mass is 79.9. The first kappa shape index (κ1) is 16.5. The molecule has 1 aliphatic carbocycles. The molecule has 2 rings (SSSR count). The van der Waals surface area contributed by atoms with Gasteiger partial charge in [0.1, 0.15) is 5.54 Å². The molecule has 0 bridgehead atoms. The maximum Gasteiger partial charge on any atom is 0.323 e. The lowest BCUT2D eigenvalue weighted by Gasteiger charge is -2.38. The van der Waals surface area contributed by atoms with Crippen molar-refractivity contribution in [2.75, 3.05) is 11.9 Å². The van der Waals surface area contributed by atoms with Crippen LogP contribution in [-0.2, 0) is 9.59 Å². The quantitative estimate of drug-likeness (QED) is 0.685. The summed E-state index contributed by atoms with van der Waals surface area (Å²) >= 11 is 6.81. The summed E-state index contributed by atoms with van der Waals surface area (Å²) < 4.78 is 1.55. The Morgan fingerprint density at radius 2 is 1.86 bits per heavy atom. The fourth-order valence-corrected chi connectivity index (χ4v) is 3.86. The molecule has 5 nitrogen and oxygen atoms in total. The number of carbonyl (C=O) groups excluding carboxylic acids is 1. The van der Waals surface area contributed by atoms with Gasteiger partial charge in [-0.25, -0.2) is 0 Å². The van der Waals surface area contributed by atoms with Gasteiger partial charge in [0.15, 0.2) is 0 Å². The molecule has 1 amide bonds. The van der Waals surface area contributed by atoms with Gasteiger partial charge in [0.25, 0.3) is 0 Å². The molecule has 114 valence electrons. The van der Waals surface area contributed by atoms with Crippen molar-refractivity contribution in [2.45, 2.75) is 31.7 Å². The van der Waals surface area contributed by atoms with Gasteiger partial charge in [-0.3, -0.25) is 14.9 Å². The number of amides is 1. The number of nitrogens with one attached hydrogen (secondary N) is 2. The number of anilines is 1. The van der Waals surface area contributed by atoms with Crippen LogP contribution in [0.2, 0.25) is 0 Å². The molecule has 0 atom stereocenters. The van der Waals surface area contributed by atoms with Crippen LogP contribution in [0.5, 0.6) is 0 Å². The maximum atomic E-state index is 12.0. The van der Waals surface area contributed by atoms with Crippen molar-refractivity contribution >= 4 is 49.4 Å². The predicted octanol–water partition coefficient (Wildman–Crippen LogP) is 3.06. The summed E-state index contributed by atoms with van der Waals surface area (Å²) in [5.41, 5.74) is 0.772. The van der Waals surface area contributed by atoms with E-state index in [0.717, 1.165) is 20.9 Å². The Morgan fingerprint density at radius 3 is 2.29 bits per heavy atom. The molecule has 1 aliphatic rings. The van der Waals surface area contributed by atoms with E-state index < -0.39 is 11.5 Å². The van der Waals surface area contributed by atoms with Gasteiger partial charge in [-0.05, 0) is 75.7 Å². The van der Waals surface area contributed by atoms with Gasteiger partial charge < -0.3 is 10.4 Å². The third-order valence-corrected chi connectivity index (χ3v) is 4.91. The van der Waals surface area contributed by atoms with Crippen LogP contribution in [0.3, 0.4) is 0 Å². The molecule has 0 aromatic heterocycles. The van der Waals surface area contributed by atoms with Crippen LogP contribution >= 0.6 is 31.9 Å². The van der Waals surface area contributed by atoms with Gasteiger partial charge in [0.05, 0.1) is 12.2 Å². The molecule has 1 aromatic rings. The number of halogens is 2. The first-order valence-corrected chi connectivity index (χ1v) is 8.16. The average molecular weight is 420 g/mol. The van der Waals surface area contributed by atoms with Crippen molar-refractivity contribution in [3.8, 4) is 0 Å². The molecule has 1 fully saturated rings. The lowest BCUT2D eigenvalue weighted by atomic mass is 9.77. The number of carboxylic acid groups (broad SMARTS) is 1. The zero-order valence-corrected chi connectivity index (χ0v) is 14.7. The molecule has 0 saturated heterocycles. The average Bonchev–Trinajstić information content (AvgIpc) is 2.31. The molecular formula is C14H16Br2N2O3. The number of aryl methyl sites for hydroxylation is 1. The SMILES string of the molecule is Cc1cc(Br)c(NC(=O)CNC2(C(=O)O)CCC2)c(Br)c1. The summed E-state index contributed by atoms with van der Waals surface area (Å²) in [4.78, 5) is 23.2. The van der Waals surface area contributed by atoms with E-state index in [2.05, 4.69) is 42.5 Å². The number of carbonyl (C=O) groups is 2. The minimum absolute atomic E-state index is 0.0287. The largest absolute Gasteiger partial charge is 0.480 e. The molecule has 1 aromatic carbocycles. The molecule has 0 aliphatic heterocycles. The number of benzene rings is 1. The number of carboxylic acids is 1. The van der Waals surface area contributed by atoms with Crippen LogP contribution in [0.1, 0.15) is 24.8 Å². The highest BCUT2D eigenvalue weighted by Crippen LogP contribution is 2.33. The Morgan fingerprint density at radius 1 is 1.29 bits per heavy atom. The third kappa shape index (κ3) is 3.64. The Kier molecular flexibility index (Phi) is 5.06. The van der Waals surface area contributed by atoms with Crippen LogP contribution in [-0.4, -0.2) is 29.1 Å². The molecular weight excluding hydrogens is 404 g/mol. The zero-order valence-electron chi connectivity index (χ0n) is 11.5. The van der Waals surface area contributed by atoms with Gasteiger partial charge in [0, 0.05) is 8.95 Å². The second kappa shape index (κ2) is 6.46. The molecule has 0 unspecified atom stereocenters. The number of rotatable bonds is 5. The van der Waals surface area contributed by atoms with Gasteiger partial charge in [-0.15, -0.1) is 0 Å². The zero-order chi connectivity index (χ0) is 15.6. The number of hydrogen-bond acceptors (Lipinski definition) is 3. The lowest BCUT2D eigenvalue weighted by Crippen LogP contribution is -2.58. The molecule has 21 heavy (non-hydrogen) atoms. The summed E-state index contributed by atoms with van der Waals surface area (Å²) in [7, 11) is 0. The Labute approximate surface area is 139 Å². The van der Waals surface area contributed by atoms with Gasteiger partial charge in [0.2, 0.25) is 5.91 Å². The summed E-state index contributed by atoms with van der Waals surface area (Å²) in [6.45, 7) is 1.93. The van der Waals surface area contributed by atoms with Crippen molar-refractivity contribution in [1.29, 1.82) is 0 Å². The van der Waals surface area contributed by atoms with Crippen LogP contribution in [0, 0.1) is 6.92 Å². The van der Waals surface area contributed by atoms with E-state index in [4.69, 9.17) is 0 Å². The third-order valence-electron chi connectivity index (χ3n) is 3.65. The van der Waals surface area contributed by atoms with Crippen molar-refractivity contribution in [1.82, 2.24) is 5.32 Å². The van der Waals surface area contributed by atoms with Gasteiger partial charge in [-0.1, -0.05) is 0 Å². The van der Waals surface area contributed by atoms with Crippen LogP contribution in [0.4, 0.5) is 5.69 Å². The smallest absolute Gasteiger partial charge is 0.323 e. The maximum absolute atomic E-state index is 12.0. The van der Waals surface area contributed by atoms with Crippen LogP contribution in [0.25, 0.3) is 0 Å². The first-order chi connectivity index (χ1) is 9.84. The minimum atomic E-state index is -0.931. The van der Waals surface area contributed by atoms with Crippen molar-refractivity contribution in [3.05, 3.63) is 26.6 Å². The molecule has 7 heteroatoms. The van der Waals surface area contributed by atoms with E-state index >= 15 is 0 Å². The normalized spacial score (nSPS) is 16.1. The van der Waals surface area contributed by atoms with E-state index in [1.54, 1.807) is 0 Å². The standard InChI is InChI=1S/C14H16Br2N2O3/c1-8-5-9(15)12(10(16)6-8)18-11(19)7-17-14(13(20)21)3-2-4-14/h5-6,17H,2-4,7H2,1H3,(H,18,19)(H,20,21). The Hall–Kier alpha value is -0.920. The van der Waals surface area contributed by atoms with E-state index in [1.165, 1.54) is 0 Å². The van der Waals surface area contributed by atoms with E-state index in [9.17, 15) is 14.7 Å². The number of aliphatic carboxylic acids is 1. The monoisotopic (exact) mass is 418 g/mol. The fraction of sp³-hybridized carbons (Fsp3) is 0.429. The van der Waals surface area contributed by atoms with Crippen LogP contribution < -0.4 is 10.6 Å². The van der Waals surface area contributed by atoms with Crippen molar-refractivity contribution in [2.24, 2.45) is 0 Å². The first-order valence-electron chi connectivity index (χ1n) is 6.58. The van der Waals surface area contributed by atoms with Gasteiger partial charge in [-0.2, -0.15) is 0 Å². The topological polar surface area (TPSA) is 78.4 Å². The summed E-state index contributed by atoms with van der Waals surface area (Å²) in [5.74, 6) is -1.16. The summed E-state index contributed by atoms with van der Waals surface area (Å²) in [5, 5.41) is 14.8. The van der Waals surface area contributed by atoms with Crippen molar-refractivity contribution < 1.29 is 14.7 Å².